The zero-order valence-corrected chi connectivity index (χ0v) is 10.5. The van der Waals surface area contributed by atoms with E-state index in [-0.39, 0.29) is 17.8 Å². The summed E-state index contributed by atoms with van der Waals surface area (Å²) in [5, 5.41) is 15.6. The minimum Gasteiger partial charge on any atom is -0.478 e. The van der Waals surface area contributed by atoms with Gasteiger partial charge in [-0.15, -0.1) is 0 Å². The lowest BCUT2D eigenvalue weighted by Crippen LogP contribution is -2.09. The Morgan fingerprint density at radius 3 is 2.79 bits per heavy atom. The molecule has 6 heteroatoms. The van der Waals surface area contributed by atoms with E-state index in [1.165, 1.54) is 18.2 Å². The minimum atomic E-state index is -1.18. The number of halogens is 1. The molecule has 0 bridgehead atoms. The first kappa shape index (κ1) is 13.1. The lowest BCUT2D eigenvalue weighted by Gasteiger charge is -2.10. The predicted octanol–water partition coefficient (Wildman–Crippen LogP) is 2.74. The highest BCUT2D eigenvalue weighted by Crippen LogP contribution is 2.22. The Kier molecular flexibility index (Phi) is 3.50. The van der Waals surface area contributed by atoms with Crippen molar-refractivity contribution in [2.75, 3.05) is 5.32 Å². The fourth-order valence-electron chi connectivity index (χ4n) is 1.81. The fraction of sp³-hybridized carbons (Fsp3) is 0.231. The highest BCUT2D eigenvalue weighted by atomic mass is 19.1. The second kappa shape index (κ2) is 5.09. The fourth-order valence-corrected chi connectivity index (χ4v) is 1.81. The van der Waals surface area contributed by atoms with Gasteiger partial charge < -0.3 is 14.9 Å². The Morgan fingerprint density at radius 1 is 1.47 bits per heavy atom. The molecular weight excluding hydrogens is 251 g/mol. The van der Waals surface area contributed by atoms with E-state index in [1.807, 2.05) is 0 Å². The van der Waals surface area contributed by atoms with Crippen LogP contribution in [0.4, 0.5) is 10.1 Å². The number of benzene rings is 1. The number of anilines is 1. The maximum atomic E-state index is 13.7. The molecule has 0 aliphatic rings. The topological polar surface area (TPSA) is 75.4 Å². The van der Waals surface area contributed by atoms with Crippen molar-refractivity contribution in [3.63, 3.8) is 0 Å². The van der Waals surface area contributed by atoms with Gasteiger partial charge in [-0.1, -0.05) is 11.2 Å². The van der Waals surface area contributed by atoms with Crippen LogP contribution in [0.2, 0.25) is 0 Å². The molecule has 0 aliphatic heterocycles. The van der Waals surface area contributed by atoms with Gasteiger partial charge in [0.15, 0.2) is 0 Å². The molecule has 100 valence electrons. The molecule has 0 atom stereocenters. The van der Waals surface area contributed by atoms with E-state index < -0.39 is 11.8 Å². The zero-order chi connectivity index (χ0) is 14.0. The molecule has 1 aromatic carbocycles. The van der Waals surface area contributed by atoms with Crippen LogP contribution >= 0.6 is 0 Å². The quantitative estimate of drug-likeness (QED) is 0.888. The standard InChI is InChI=1S/C13H13FN2O3/c1-7-10(8(2)19-16-7)6-15-12-9(13(17)18)4-3-5-11(12)14/h3-5,15H,6H2,1-2H3,(H,17,18). The summed E-state index contributed by atoms with van der Waals surface area (Å²) in [4.78, 5) is 11.0. The van der Waals surface area contributed by atoms with Crippen molar-refractivity contribution in [3.8, 4) is 0 Å². The molecular formula is C13H13FN2O3. The number of hydrogen-bond acceptors (Lipinski definition) is 4. The van der Waals surface area contributed by atoms with Crippen LogP contribution in [-0.4, -0.2) is 16.2 Å². The van der Waals surface area contributed by atoms with Gasteiger partial charge in [0.05, 0.1) is 16.9 Å². The van der Waals surface area contributed by atoms with Gasteiger partial charge in [0.25, 0.3) is 0 Å². The first-order valence-electron chi connectivity index (χ1n) is 5.68. The Labute approximate surface area is 109 Å². The van der Waals surface area contributed by atoms with Crippen LogP contribution in [0.3, 0.4) is 0 Å². The average Bonchev–Trinajstić information content (AvgIpc) is 2.67. The van der Waals surface area contributed by atoms with E-state index >= 15 is 0 Å². The summed E-state index contributed by atoms with van der Waals surface area (Å²) in [5.41, 5.74) is 1.35. The maximum Gasteiger partial charge on any atom is 0.337 e. The third-order valence-electron chi connectivity index (χ3n) is 2.87. The molecule has 0 spiro atoms. The Hall–Kier alpha value is -2.37. The summed E-state index contributed by atoms with van der Waals surface area (Å²) >= 11 is 0. The molecule has 5 nitrogen and oxygen atoms in total. The van der Waals surface area contributed by atoms with E-state index in [9.17, 15) is 9.18 Å². The van der Waals surface area contributed by atoms with Crippen LogP contribution in [0.5, 0.6) is 0 Å². The number of para-hydroxylation sites is 1. The third-order valence-corrected chi connectivity index (χ3v) is 2.87. The number of aromatic nitrogens is 1. The second-order valence-corrected chi connectivity index (χ2v) is 4.12. The van der Waals surface area contributed by atoms with Crippen molar-refractivity contribution in [3.05, 3.63) is 46.6 Å². The van der Waals surface area contributed by atoms with E-state index in [4.69, 9.17) is 9.63 Å². The first-order valence-corrected chi connectivity index (χ1v) is 5.68. The summed E-state index contributed by atoms with van der Waals surface area (Å²) in [7, 11) is 0. The number of aromatic carboxylic acids is 1. The number of aryl methyl sites for hydroxylation is 2. The molecule has 0 aliphatic carbocycles. The van der Waals surface area contributed by atoms with Gasteiger partial charge >= 0.3 is 5.97 Å². The van der Waals surface area contributed by atoms with Gasteiger partial charge in [0.2, 0.25) is 0 Å². The van der Waals surface area contributed by atoms with Gasteiger partial charge in [-0.05, 0) is 26.0 Å². The molecule has 0 radical (unpaired) electrons. The van der Waals surface area contributed by atoms with Crippen LogP contribution in [0, 0.1) is 19.7 Å². The third kappa shape index (κ3) is 2.57. The Balaban J connectivity index is 2.27. The Morgan fingerprint density at radius 2 is 2.21 bits per heavy atom. The average molecular weight is 264 g/mol. The molecule has 19 heavy (non-hydrogen) atoms. The van der Waals surface area contributed by atoms with Gasteiger partial charge in [0.1, 0.15) is 11.6 Å². The molecule has 1 aromatic heterocycles. The van der Waals surface area contributed by atoms with Crippen molar-refractivity contribution in [1.29, 1.82) is 0 Å². The Bertz CT molecular complexity index is 603. The van der Waals surface area contributed by atoms with E-state index in [2.05, 4.69) is 10.5 Å². The van der Waals surface area contributed by atoms with Gasteiger partial charge in [0, 0.05) is 12.1 Å². The predicted molar refractivity (Wildman–Crippen MR) is 66.7 cm³/mol. The van der Waals surface area contributed by atoms with Crippen LogP contribution in [0.25, 0.3) is 0 Å². The summed E-state index contributed by atoms with van der Waals surface area (Å²) in [6.07, 6.45) is 0. The van der Waals surface area contributed by atoms with Crippen molar-refractivity contribution < 1.29 is 18.8 Å². The van der Waals surface area contributed by atoms with E-state index in [0.29, 0.717) is 11.5 Å². The zero-order valence-electron chi connectivity index (χ0n) is 10.5. The molecule has 1 heterocycles. The van der Waals surface area contributed by atoms with E-state index in [0.717, 1.165) is 5.56 Å². The maximum absolute atomic E-state index is 13.7. The van der Waals surface area contributed by atoms with Gasteiger partial charge in [-0.3, -0.25) is 0 Å². The number of carbonyl (C=O) groups is 1. The minimum absolute atomic E-state index is 0.0324. The molecule has 2 N–H and O–H groups in total. The van der Waals surface area contributed by atoms with Crippen LogP contribution < -0.4 is 5.32 Å². The van der Waals surface area contributed by atoms with Gasteiger partial charge in [-0.25, -0.2) is 9.18 Å². The number of rotatable bonds is 4. The largest absolute Gasteiger partial charge is 0.478 e. The van der Waals surface area contributed by atoms with Gasteiger partial charge in [-0.2, -0.15) is 0 Å². The summed E-state index contributed by atoms with van der Waals surface area (Å²) < 4.78 is 18.7. The number of carboxylic acid groups (broad SMARTS) is 1. The van der Waals surface area contributed by atoms with E-state index in [1.54, 1.807) is 13.8 Å². The molecule has 2 rings (SSSR count). The monoisotopic (exact) mass is 264 g/mol. The normalized spacial score (nSPS) is 10.5. The first-order chi connectivity index (χ1) is 9.00. The van der Waals surface area contributed by atoms with Crippen molar-refractivity contribution in [2.45, 2.75) is 20.4 Å². The summed E-state index contributed by atoms with van der Waals surface area (Å²) in [6, 6.07) is 3.92. The molecule has 0 saturated carbocycles. The molecule has 2 aromatic rings. The molecule has 0 amide bonds. The number of carboxylic acids is 1. The second-order valence-electron chi connectivity index (χ2n) is 4.12. The number of hydrogen-bond donors (Lipinski definition) is 2. The highest BCUT2D eigenvalue weighted by Gasteiger charge is 2.15. The number of nitrogens with zero attached hydrogens (tertiary/aromatic N) is 1. The van der Waals surface area contributed by atoms with Crippen molar-refractivity contribution in [1.82, 2.24) is 5.16 Å². The molecule has 0 fully saturated rings. The van der Waals surface area contributed by atoms with Crippen molar-refractivity contribution in [2.24, 2.45) is 0 Å². The highest BCUT2D eigenvalue weighted by molar-refractivity contribution is 5.94. The smallest absolute Gasteiger partial charge is 0.337 e. The lowest BCUT2D eigenvalue weighted by molar-refractivity contribution is 0.0697. The van der Waals surface area contributed by atoms with Crippen LogP contribution in [0.15, 0.2) is 22.7 Å². The van der Waals surface area contributed by atoms with Crippen LogP contribution in [0.1, 0.15) is 27.4 Å². The summed E-state index contributed by atoms with van der Waals surface area (Å²) in [5.74, 6) is -1.16. The SMILES string of the molecule is Cc1noc(C)c1CNc1c(F)cccc1C(=O)O. The molecule has 0 unspecified atom stereocenters. The van der Waals surface area contributed by atoms with Crippen molar-refractivity contribution >= 4 is 11.7 Å². The van der Waals surface area contributed by atoms with Crippen LogP contribution in [-0.2, 0) is 6.54 Å². The molecule has 0 saturated heterocycles. The lowest BCUT2D eigenvalue weighted by atomic mass is 10.1. The number of nitrogens with one attached hydrogen (secondary N) is 1. The summed E-state index contributed by atoms with van der Waals surface area (Å²) in [6.45, 7) is 3.77.